The standard InChI is InChI=1S/C10H15N3O6/c14-7-4-13(3-1-2-11-7)10(18)12-8(15)5-19-6-9(16)17/h1-6H2,(H,11,14)(H,16,17)(H,12,15,18). The van der Waals surface area contributed by atoms with E-state index in [9.17, 15) is 19.2 Å². The van der Waals surface area contributed by atoms with Gasteiger partial charge < -0.3 is 20.1 Å². The third-order valence-electron chi connectivity index (χ3n) is 2.25. The number of rotatable bonds is 4. The predicted molar refractivity (Wildman–Crippen MR) is 61.2 cm³/mol. The van der Waals surface area contributed by atoms with Crippen LogP contribution in [0.3, 0.4) is 0 Å². The fourth-order valence-electron chi connectivity index (χ4n) is 1.44. The van der Waals surface area contributed by atoms with Crippen LogP contribution >= 0.6 is 0 Å². The second-order valence-corrected chi connectivity index (χ2v) is 3.86. The number of carboxylic acids is 1. The molecule has 0 bridgehead atoms. The molecule has 0 atom stereocenters. The summed E-state index contributed by atoms with van der Waals surface area (Å²) >= 11 is 0. The quantitative estimate of drug-likeness (QED) is 0.552. The Bertz CT molecular complexity index is 383. The highest BCUT2D eigenvalue weighted by molar-refractivity contribution is 5.96. The minimum absolute atomic E-state index is 0.116. The van der Waals surface area contributed by atoms with Crippen LogP contribution in [0.1, 0.15) is 6.42 Å². The summed E-state index contributed by atoms with van der Waals surface area (Å²) in [6, 6.07) is -0.694. The monoisotopic (exact) mass is 273 g/mol. The zero-order valence-corrected chi connectivity index (χ0v) is 10.2. The first kappa shape index (κ1) is 14.9. The van der Waals surface area contributed by atoms with Gasteiger partial charge in [0, 0.05) is 13.1 Å². The van der Waals surface area contributed by atoms with E-state index in [2.05, 4.69) is 10.1 Å². The SMILES string of the molecule is O=C(O)COCC(=O)NC(=O)N1CCCNC(=O)C1. The first-order chi connectivity index (χ1) is 8.99. The van der Waals surface area contributed by atoms with E-state index in [0.717, 1.165) is 0 Å². The third kappa shape index (κ3) is 5.82. The molecule has 0 aromatic heterocycles. The highest BCUT2D eigenvalue weighted by atomic mass is 16.5. The molecule has 4 amide bonds. The lowest BCUT2D eigenvalue weighted by Gasteiger charge is -2.18. The molecule has 0 spiro atoms. The molecule has 19 heavy (non-hydrogen) atoms. The van der Waals surface area contributed by atoms with Crippen molar-refractivity contribution in [3.05, 3.63) is 0 Å². The van der Waals surface area contributed by atoms with Gasteiger partial charge >= 0.3 is 12.0 Å². The number of carbonyl (C=O) groups is 4. The number of nitrogens with one attached hydrogen (secondary N) is 2. The van der Waals surface area contributed by atoms with Crippen LogP contribution < -0.4 is 10.6 Å². The first-order valence-electron chi connectivity index (χ1n) is 5.64. The number of urea groups is 1. The van der Waals surface area contributed by atoms with Gasteiger partial charge in [-0.1, -0.05) is 0 Å². The fraction of sp³-hybridized carbons (Fsp3) is 0.600. The molecule has 1 heterocycles. The van der Waals surface area contributed by atoms with E-state index in [4.69, 9.17) is 5.11 Å². The van der Waals surface area contributed by atoms with Crippen LogP contribution in [0, 0.1) is 0 Å². The van der Waals surface area contributed by atoms with Crippen LogP contribution in [-0.2, 0) is 19.1 Å². The van der Waals surface area contributed by atoms with Crippen molar-refractivity contribution in [2.24, 2.45) is 0 Å². The van der Waals surface area contributed by atoms with Gasteiger partial charge in [0.15, 0.2) is 0 Å². The van der Waals surface area contributed by atoms with Gasteiger partial charge in [-0.3, -0.25) is 14.9 Å². The number of carbonyl (C=O) groups excluding carboxylic acids is 3. The number of ether oxygens (including phenoxy) is 1. The largest absolute Gasteiger partial charge is 0.480 e. The Labute approximate surface area is 108 Å². The van der Waals surface area contributed by atoms with Crippen LogP contribution in [-0.4, -0.2) is 66.7 Å². The molecule has 0 radical (unpaired) electrons. The number of hydrogen-bond acceptors (Lipinski definition) is 5. The topological polar surface area (TPSA) is 125 Å². The Morgan fingerprint density at radius 3 is 2.79 bits per heavy atom. The van der Waals surface area contributed by atoms with Crippen molar-refractivity contribution in [2.45, 2.75) is 6.42 Å². The Balaban J connectivity index is 2.34. The van der Waals surface area contributed by atoms with Gasteiger partial charge in [-0.05, 0) is 6.42 Å². The summed E-state index contributed by atoms with van der Waals surface area (Å²) in [5.41, 5.74) is 0. The molecular weight excluding hydrogens is 258 g/mol. The van der Waals surface area contributed by atoms with Crippen molar-refractivity contribution >= 4 is 23.8 Å². The second kappa shape index (κ2) is 7.31. The van der Waals surface area contributed by atoms with Crippen molar-refractivity contribution in [1.82, 2.24) is 15.5 Å². The lowest BCUT2D eigenvalue weighted by Crippen LogP contribution is -2.46. The van der Waals surface area contributed by atoms with Crippen LogP contribution in [0.25, 0.3) is 0 Å². The average Bonchev–Trinajstić information content (AvgIpc) is 2.53. The van der Waals surface area contributed by atoms with Crippen LogP contribution in [0.15, 0.2) is 0 Å². The number of hydrogen-bond donors (Lipinski definition) is 3. The van der Waals surface area contributed by atoms with Crippen LogP contribution in [0.4, 0.5) is 4.79 Å². The lowest BCUT2D eigenvalue weighted by atomic mass is 10.4. The summed E-state index contributed by atoms with van der Waals surface area (Å²) in [5, 5.41) is 12.9. The second-order valence-electron chi connectivity index (χ2n) is 3.86. The molecule has 9 heteroatoms. The molecule has 1 aliphatic rings. The molecule has 0 saturated carbocycles. The molecule has 106 valence electrons. The summed E-state index contributed by atoms with van der Waals surface area (Å²) in [6.45, 7) is -0.424. The maximum absolute atomic E-state index is 11.6. The Morgan fingerprint density at radius 1 is 1.37 bits per heavy atom. The summed E-state index contributed by atoms with van der Waals surface area (Å²) in [7, 11) is 0. The highest BCUT2D eigenvalue weighted by Crippen LogP contribution is 1.96. The molecular formula is C10H15N3O6. The molecule has 0 unspecified atom stereocenters. The van der Waals surface area contributed by atoms with Crippen LogP contribution in [0.2, 0.25) is 0 Å². The van der Waals surface area contributed by atoms with Gasteiger partial charge in [0.2, 0.25) is 5.91 Å². The van der Waals surface area contributed by atoms with E-state index in [0.29, 0.717) is 19.5 Å². The minimum Gasteiger partial charge on any atom is -0.480 e. The van der Waals surface area contributed by atoms with Gasteiger partial charge in [-0.25, -0.2) is 9.59 Å². The van der Waals surface area contributed by atoms with Gasteiger partial charge in [0.25, 0.3) is 5.91 Å². The molecule has 0 aliphatic carbocycles. The molecule has 1 fully saturated rings. The summed E-state index contributed by atoms with van der Waals surface area (Å²) < 4.78 is 4.53. The zero-order valence-electron chi connectivity index (χ0n) is 10.2. The minimum atomic E-state index is -1.21. The van der Waals surface area contributed by atoms with E-state index >= 15 is 0 Å². The van der Waals surface area contributed by atoms with E-state index < -0.39 is 31.1 Å². The number of carboxylic acid groups (broad SMARTS) is 1. The molecule has 0 aromatic rings. The van der Waals surface area contributed by atoms with Crippen LogP contribution in [0.5, 0.6) is 0 Å². The van der Waals surface area contributed by atoms with Gasteiger partial charge in [0.1, 0.15) is 19.8 Å². The van der Waals surface area contributed by atoms with Crippen molar-refractivity contribution in [3.8, 4) is 0 Å². The first-order valence-corrected chi connectivity index (χ1v) is 5.64. The zero-order chi connectivity index (χ0) is 14.3. The molecule has 1 saturated heterocycles. The summed E-state index contributed by atoms with van der Waals surface area (Å²) in [4.78, 5) is 45.5. The molecule has 1 aliphatic heterocycles. The molecule has 3 N–H and O–H groups in total. The van der Waals surface area contributed by atoms with Crippen molar-refractivity contribution in [1.29, 1.82) is 0 Å². The van der Waals surface area contributed by atoms with E-state index in [-0.39, 0.29) is 12.5 Å². The smallest absolute Gasteiger partial charge is 0.329 e. The summed E-state index contributed by atoms with van der Waals surface area (Å²) in [5.74, 6) is -2.25. The van der Waals surface area contributed by atoms with E-state index in [1.807, 2.05) is 5.32 Å². The lowest BCUT2D eigenvalue weighted by molar-refractivity contribution is -0.143. The number of aliphatic carboxylic acids is 1. The number of amides is 4. The van der Waals surface area contributed by atoms with Crippen molar-refractivity contribution in [2.75, 3.05) is 32.8 Å². The third-order valence-corrected chi connectivity index (χ3v) is 2.25. The predicted octanol–water partition coefficient (Wildman–Crippen LogP) is -1.85. The van der Waals surface area contributed by atoms with Crippen molar-refractivity contribution in [3.63, 3.8) is 0 Å². The van der Waals surface area contributed by atoms with Gasteiger partial charge in [-0.2, -0.15) is 0 Å². The van der Waals surface area contributed by atoms with Crippen molar-refractivity contribution < 1.29 is 29.0 Å². The highest BCUT2D eigenvalue weighted by Gasteiger charge is 2.21. The maximum atomic E-state index is 11.6. The van der Waals surface area contributed by atoms with E-state index in [1.54, 1.807) is 0 Å². The normalized spacial score (nSPS) is 15.4. The number of nitrogens with zero attached hydrogens (tertiary/aromatic N) is 1. The molecule has 9 nitrogen and oxygen atoms in total. The van der Waals surface area contributed by atoms with Gasteiger partial charge in [-0.15, -0.1) is 0 Å². The Kier molecular flexibility index (Phi) is 5.73. The Morgan fingerprint density at radius 2 is 2.11 bits per heavy atom. The maximum Gasteiger partial charge on any atom is 0.329 e. The molecule has 1 rings (SSSR count). The fourth-order valence-corrected chi connectivity index (χ4v) is 1.44. The van der Waals surface area contributed by atoms with Gasteiger partial charge in [0.05, 0.1) is 0 Å². The average molecular weight is 273 g/mol. The Hall–Kier alpha value is -2.16. The number of imide groups is 1. The molecule has 0 aromatic carbocycles. The van der Waals surface area contributed by atoms with E-state index in [1.165, 1.54) is 4.90 Å². The summed E-state index contributed by atoms with van der Waals surface area (Å²) in [6.07, 6.45) is 0.600.